The van der Waals surface area contributed by atoms with Gasteiger partial charge in [0.2, 0.25) is 0 Å². The predicted octanol–water partition coefficient (Wildman–Crippen LogP) is 2.31. The van der Waals surface area contributed by atoms with Gasteiger partial charge in [-0.2, -0.15) is 0 Å². The van der Waals surface area contributed by atoms with Crippen molar-refractivity contribution in [2.45, 2.75) is 18.9 Å². The number of aromatic nitrogens is 1. The largest absolute Gasteiger partial charge is 0.468 e. The Morgan fingerprint density at radius 3 is 2.83 bits per heavy atom. The van der Waals surface area contributed by atoms with E-state index in [-0.39, 0.29) is 11.9 Å². The van der Waals surface area contributed by atoms with Crippen LogP contribution in [0.1, 0.15) is 35.0 Å². The van der Waals surface area contributed by atoms with E-state index < -0.39 is 0 Å². The maximum absolute atomic E-state index is 12.5. The number of hydrogen-bond acceptors (Lipinski definition) is 5. The van der Waals surface area contributed by atoms with E-state index in [1.807, 2.05) is 31.1 Å². The summed E-state index contributed by atoms with van der Waals surface area (Å²) in [4.78, 5) is 21.0. The summed E-state index contributed by atoms with van der Waals surface area (Å²) in [5, 5.41) is 3.04. The number of anilines is 1. The minimum atomic E-state index is -0.0868. The van der Waals surface area contributed by atoms with E-state index in [2.05, 4.69) is 15.2 Å². The van der Waals surface area contributed by atoms with Crippen LogP contribution in [-0.4, -0.2) is 49.5 Å². The Morgan fingerprint density at radius 2 is 2.17 bits per heavy atom. The zero-order valence-corrected chi connectivity index (χ0v) is 14.2. The summed E-state index contributed by atoms with van der Waals surface area (Å²) in [5.74, 6) is 1.59. The van der Waals surface area contributed by atoms with Crippen LogP contribution in [0.15, 0.2) is 41.1 Å². The molecule has 0 radical (unpaired) electrons. The monoisotopic (exact) mass is 328 g/mol. The molecule has 6 nitrogen and oxygen atoms in total. The molecule has 0 saturated carbocycles. The van der Waals surface area contributed by atoms with E-state index in [0.29, 0.717) is 12.1 Å². The van der Waals surface area contributed by atoms with Crippen LogP contribution in [-0.2, 0) is 0 Å². The molecule has 2 aromatic rings. The molecule has 24 heavy (non-hydrogen) atoms. The van der Waals surface area contributed by atoms with Crippen molar-refractivity contribution in [1.82, 2.24) is 15.2 Å². The molecule has 0 spiro atoms. The minimum Gasteiger partial charge on any atom is -0.468 e. The lowest BCUT2D eigenvalue weighted by Gasteiger charge is -2.26. The highest BCUT2D eigenvalue weighted by Gasteiger charge is 2.26. The lowest BCUT2D eigenvalue weighted by Crippen LogP contribution is -2.36. The Balaban J connectivity index is 1.68. The average Bonchev–Trinajstić information content (AvgIpc) is 3.29. The van der Waals surface area contributed by atoms with Gasteiger partial charge in [-0.1, -0.05) is 0 Å². The molecular weight excluding hydrogens is 304 g/mol. The summed E-state index contributed by atoms with van der Waals surface area (Å²) in [6, 6.07) is 7.49. The number of carbonyl (C=O) groups excluding carboxylic acids is 1. The number of likely N-dealkylation sites (tertiary alicyclic amines) is 1. The van der Waals surface area contributed by atoms with Crippen molar-refractivity contribution in [3.05, 3.63) is 48.0 Å². The third-order valence-electron chi connectivity index (χ3n) is 4.37. The molecule has 1 saturated heterocycles. The fourth-order valence-electron chi connectivity index (χ4n) is 3.04. The maximum atomic E-state index is 12.5. The van der Waals surface area contributed by atoms with Gasteiger partial charge in [0, 0.05) is 32.4 Å². The number of carbonyl (C=O) groups is 1. The molecule has 2 aromatic heterocycles. The zero-order valence-electron chi connectivity index (χ0n) is 14.2. The van der Waals surface area contributed by atoms with Gasteiger partial charge in [0.25, 0.3) is 5.91 Å². The smallest absolute Gasteiger partial charge is 0.251 e. The molecular formula is C18H24N4O2. The molecule has 1 amide bonds. The summed E-state index contributed by atoms with van der Waals surface area (Å²) < 4.78 is 5.59. The molecule has 1 fully saturated rings. The summed E-state index contributed by atoms with van der Waals surface area (Å²) in [5.41, 5.74) is 0.619. The molecule has 0 aromatic carbocycles. The molecule has 1 atom stereocenters. The van der Waals surface area contributed by atoms with Gasteiger partial charge in [0.1, 0.15) is 11.6 Å². The number of nitrogens with zero attached hydrogens (tertiary/aromatic N) is 3. The molecule has 3 heterocycles. The Bertz CT molecular complexity index is 663. The van der Waals surface area contributed by atoms with Gasteiger partial charge >= 0.3 is 0 Å². The summed E-state index contributed by atoms with van der Waals surface area (Å²) in [6.07, 6.45) is 5.74. The van der Waals surface area contributed by atoms with Gasteiger partial charge in [-0.15, -0.1) is 0 Å². The molecule has 0 aliphatic carbocycles. The van der Waals surface area contributed by atoms with Crippen LogP contribution < -0.4 is 10.2 Å². The topological polar surface area (TPSA) is 61.6 Å². The third kappa shape index (κ3) is 3.76. The quantitative estimate of drug-likeness (QED) is 0.882. The Hall–Kier alpha value is -2.34. The van der Waals surface area contributed by atoms with Crippen LogP contribution in [0.5, 0.6) is 0 Å². The first kappa shape index (κ1) is 16.5. The molecule has 3 rings (SSSR count). The second kappa shape index (κ2) is 7.49. The summed E-state index contributed by atoms with van der Waals surface area (Å²) in [6.45, 7) is 2.62. The second-order valence-corrected chi connectivity index (χ2v) is 6.28. The van der Waals surface area contributed by atoms with Crippen LogP contribution in [0.25, 0.3) is 0 Å². The number of furan rings is 1. The third-order valence-corrected chi connectivity index (χ3v) is 4.37. The van der Waals surface area contributed by atoms with E-state index >= 15 is 0 Å². The van der Waals surface area contributed by atoms with Gasteiger partial charge in [0.15, 0.2) is 0 Å². The number of amides is 1. The van der Waals surface area contributed by atoms with Crippen LogP contribution in [0, 0.1) is 0 Å². The van der Waals surface area contributed by atoms with Gasteiger partial charge in [-0.3, -0.25) is 9.69 Å². The lowest BCUT2D eigenvalue weighted by molar-refractivity contribution is 0.0933. The SMILES string of the molecule is CN(C)c1cc(C(=O)NC[C@H](c2ccco2)N2CCCC2)ccn1. The van der Waals surface area contributed by atoms with Crippen LogP contribution in [0.4, 0.5) is 5.82 Å². The average molecular weight is 328 g/mol. The van der Waals surface area contributed by atoms with E-state index in [4.69, 9.17) is 4.42 Å². The molecule has 1 aliphatic heterocycles. The van der Waals surface area contributed by atoms with Crippen LogP contribution in [0.2, 0.25) is 0 Å². The van der Waals surface area contributed by atoms with Gasteiger partial charge < -0.3 is 14.6 Å². The Kier molecular flexibility index (Phi) is 5.15. The molecule has 1 aliphatic rings. The van der Waals surface area contributed by atoms with Gasteiger partial charge in [-0.05, 0) is 50.2 Å². The highest BCUT2D eigenvalue weighted by atomic mass is 16.3. The highest BCUT2D eigenvalue weighted by Crippen LogP contribution is 2.25. The predicted molar refractivity (Wildman–Crippen MR) is 93.2 cm³/mol. The number of hydrogen-bond donors (Lipinski definition) is 1. The molecule has 128 valence electrons. The van der Waals surface area contributed by atoms with Crippen molar-refractivity contribution in [1.29, 1.82) is 0 Å². The Morgan fingerprint density at radius 1 is 1.38 bits per heavy atom. The Labute approximate surface area is 142 Å². The molecule has 1 N–H and O–H groups in total. The number of pyridine rings is 1. The number of rotatable bonds is 6. The van der Waals surface area contributed by atoms with E-state index in [1.165, 1.54) is 12.8 Å². The van der Waals surface area contributed by atoms with Crippen molar-refractivity contribution in [2.75, 3.05) is 38.6 Å². The van der Waals surface area contributed by atoms with Crippen molar-refractivity contribution < 1.29 is 9.21 Å². The summed E-state index contributed by atoms with van der Waals surface area (Å²) >= 11 is 0. The van der Waals surface area contributed by atoms with Crippen LogP contribution in [0.3, 0.4) is 0 Å². The van der Waals surface area contributed by atoms with E-state index in [0.717, 1.165) is 24.7 Å². The standard InChI is InChI=1S/C18H24N4O2/c1-21(2)17-12-14(7-8-19-17)18(23)20-13-15(16-6-5-11-24-16)22-9-3-4-10-22/h5-8,11-12,15H,3-4,9-10,13H2,1-2H3,(H,20,23)/t15-/m1/s1. The first-order valence-corrected chi connectivity index (χ1v) is 8.34. The number of nitrogens with one attached hydrogen (secondary N) is 1. The fraction of sp³-hybridized carbons (Fsp3) is 0.444. The first-order chi connectivity index (χ1) is 11.6. The van der Waals surface area contributed by atoms with Gasteiger partial charge in [0.05, 0.1) is 12.3 Å². The molecule has 0 bridgehead atoms. The normalized spacial score (nSPS) is 16.1. The lowest BCUT2D eigenvalue weighted by atomic mass is 10.1. The zero-order chi connectivity index (χ0) is 16.9. The summed E-state index contributed by atoms with van der Waals surface area (Å²) in [7, 11) is 3.81. The van der Waals surface area contributed by atoms with E-state index in [1.54, 1.807) is 24.6 Å². The molecule has 6 heteroatoms. The van der Waals surface area contributed by atoms with Crippen LogP contribution >= 0.6 is 0 Å². The second-order valence-electron chi connectivity index (χ2n) is 6.28. The maximum Gasteiger partial charge on any atom is 0.251 e. The molecule has 0 unspecified atom stereocenters. The highest BCUT2D eigenvalue weighted by molar-refractivity contribution is 5.94. The van der Waals surface area contributed by atoms with Crippen molar-refractivity contribution in [3.8, 4) is 0 Å². The van der Waals surface area contributed by atoms with Crippen molar-refractivity contribution in [2.24, 2.45) is 0 Å². The fourth-order valence-corrected chi connectivity index (χ4v) is 3.04. The van der Waals surface area contributed by atoms with E-state index in [9.17, 15) is 4.79 Å². The van der Waals surface area contributed by atoms with Gasteiger partial charge in [-0.25, -0.2) is 4.98 Å². The van der Waals surface area contributed by atoms with Crippen molar-refractivity contribution >= 4 is 11.7 Å². The van der Waals surface area contributed by atoms with Crippen molar-refractivity contribution in [3.63, 3.8) is 0 Å². The minimum absolute atomic E-state index is 0.0848. The first-order valence-electron chi connectivity index (χ1n) is 8.34.